The molecular weight excluding hydrogens is 214 g/mol. The van der Waals surface area contributed by atoms with Crippen LogP contribution < -0.4 is 5.73 Å². The maximum absolute atomic E-state index is 12.1. The molecule has 2 N–H and O–H groups in total. The minimum atomic E-state index is -0.0825. The van der Waals surface area contributed by atoms with E-state index >= 15 is 0 Å². The molecule has 0 saturated carbocycles. The van der Waals surface area contributed by atoms with Gasteiger partial charge in [0.2, 0.25) is 0 Å². The van der Waals surface area contributed by atoms with Gasteiger partial charge < -0.3 is 10.5 Å². The molecule has 0 heterocycles. The van der Waals surface area contributed by atoms with Crippen LogP contribution in [-0.4, -0.2) is 19.1 Å². The molecule has 0 aromatic heterocycles. The van der Waals surface area contributed by atoms with E-state index < -0.39 is 0 Å². The van der Waals surface area contributed by atoms with Gasteiger partial charge in [0.05, 0.1) is 12.5 Å². The van der Waals surface area contributed by atoms with Crippen molar-refractivity contribution in [2.24, 2.45) is 22.5 Å². The molecule has 0 amide bonds. The first-order valence-electron chi connectivity index (χ1n) is 6.44. The molecule has 0 bridgehead atoms. The zero-order valence-electron chi connectivity index (χ0n) is 12.3. The Morgan fingerprint density at radius 2 is 1.71 bits per heavy atom. The smallest absolute Gasteiger partial charge is 0.309 e. The van der Waals surface area contributed by atoms with Crippen molar-refractivity contribution in [3.63, 3.8) is 0 Å². The summed E-state index contributed by atoms with van der Waals surface area (Å²) in [5.74, 6) is -0.138. The lowest BCUT2D eigenvalue weighted by molar-refractivity contribution is -0.154. The molecule has 0 saturated heterocycles. The average Bonchev–Trinajstić information content (AvgIpc) is 2.11. The van der Waals surface area contributed by atoms with Crippen LogP contribution in [0.25, 0.3) is 0 Å². The Hall–Kier alpha value is -0.570. The van der Waals surface area contributed by atoms with Crippen molar-refractivity contribution in [1.29, 1.82) is 0 Å². The fourth-order valence-electron chi connectivity index (χ4n) is 1.71. The number of hydrogen-bond acceptors (Lipinski definition) is 3. The number of rotatable bonds is 5. The molecule has 0 unspecified atom stereocenters. The lowest BCUT2D eigenvalue weighted by Gasteiger charge is -2.33. The summed E-state index contributed by atoms with van der Waals surface area (Å²) >= 11 is 0. The predicted octanol–water partition coefficient (Wildman–Crippen LogP) is 2.98. The molecule has 1 atom stereocenters. The summed E-state index contributed by atoms with van der Waals surface area (Å²) in [6.45, 7) is 13.7. The molecule has 0 aromatic rings. The second kappa shape index (κ2) is 6.39. The fraction of sp³-hybridized carbons (Fsp3) is 0.929. The van der Waals surface area contributed by atoms with Crippen molar-refractivity contribution in [3.05, 3.63) is 0 Å². The van der Waals surface area contributed by atoms with E-state index in [9.17, 15) is 4.79 Å². The van der Waals surface area contributed by atoms with Crippen LogP contribution in [0.5, 0.6) is 0 Å². The van der Waals surface area contributed by atoms with Gasteiger partial charge in [0.1, 0.15) is 0 Å². The van der Waals surface area contributed by atoms with Gasteiger partial charge in [0, 0.05) is 0 Å². The van der Waals surface area contributed by atoms with Gasteiger partial charge in [-0.25, -0.2) is 0 Å². The third-order valence-electron chi connectivity index (χ3n) is 2.74. The molecule has 0 aliphatic heterocycles. The highest BCUT2D eigenvalue weighted by atomic mass is 16.5. The minimum absolute atomic E-state index is 0.0553. The maximum atomic E-state index is 12.1. The zero-order chi connectivity index (χ0) is 13.7. The Kier molecular flexibility index (Phi) is 6.17. The SMILES string of the molecule is CC(C)(C)C[C@H](C(=O)OCCCN)C(C)(C)C. The summed E-state index contributed by atoms with van der Waals surface area (Å²) in [5.41, 5.74) is 5.45. The van der Waals surface area contributed by atoms with Crippen molar-refractivity contribution in [2.75, 3.05) is 13.2 Å². The molecule has 0 aliphatic carbocycles. The highest BCUT2D eigenvalue weighted by Crippen LogP contribution is 2.36. The zero-order valence-corrected chi connectivity index (χ0v) is 12.3. The van der Waals surface area contributed by atoms with Gasteiger partial charge in [-0.05, 0) is 30.2 Å². The van der Waals surface area contributed by atoms with Crippen molar-refractivity contribution < 1.29 is 9.53 Å². The number of carbonyl (C=O) groups is 1. The summed E-state index contributed by atoms with van der Waals surface area (Å²) in [6.07, 6.45) is 1.58. The molecule has 0 spiro atoms. The van der Waals surface area contributed by atoms with Gasteiger partial charge in [0.25, 0.3) is 0 Å². The summed E-state index contributed by atoms with van der Waals surface area (Å²) < 4.78 is 5.30. The van der Waals surface area contributed by atoms with Crippen LogP contribution in [0.1, 0.15) is 54.4 Å². The van der Waals surface area contributed by atoms with Crippen LogP contribution in [0.2, 0.25) is 0 Å². The lowest BCUT2D eigenvalue weighted by Crippen LogP contribution is -2.34. The van der Waals surface area contributed by atoms with Gasteiger partial charge in [-0.15, -0.1) is 0 Å². The Labute approximate surface area is 106 Å². The largest absolute Gasteiger partial charge is 0.465 e. The highest BCUT2D eigenvalue weighted by molar-refractivity contribution is 5.73. The topological polar surface area (TPSA) is 52.3 Å². The first-order chi connectivity index (χ1) is 7.58. The predicted molar refractivity (Wildman–Crippen MR) is 71.6 cm³/mol. The normalized spacial score (nSPS) is 14.5. The third kappa shape index (κ3) is 7.37. The second-order valence-corrected chi connectivity index (χ2v) is 6.99. The van der Waals surface area contributed by atoms with Crippen LogP contribution in [0.3, 0.4) is 0 Å². The van der Waals surface area contributed by atoms with E-state index in [1.807, 2.05) is 0 Å². The van der Waals surface area contributed by atoms with Crippen LogP contribution in [0.15, 0.2) is 0 Å². The molecule has 0 radical (unpaired) electrons. The van der Waals surface area contributed by atoms with E-state index in [2.05, 4.69) is 41.5 Å². The summed E-state index contributed by atoms with van der Waals surface area (Å²) in [4.78, 5) is 12.1. The van der Waals surface area contributed by atoms with Crippen molar-refractivity contribution in [1.82, 2.24) is 0 Å². The minimum Gasteiger partial charge on any atom is -0.465 e. The van der Waals surface area contributed by atoms with E-state index in [-0.39, 0.29) is 22.7 Å². The van der Waals surface area contributed by atoms with Crippen LogP contribution in [0.4, 0.5) is 0 Å². The number of esters is 1. The first-order valence-corrected chi connectivity index (χ1v) is 6.44. The standard InChI is InChI=1S/C14H29NO2/c1-13(2,3)10-11(14(4,5)6)12(16)17-9-7-8-15/h11H,7-10,15H2,1-6H3/t11-/m1/s1. The van der Waals surface area contributed by atoms with E-state index in [4.69, 9.17) is 10.5 Å². The van der Waals surface area contributed by atoms with Crippen LogP contribution in [0, 0.1) is 16.7 Å². The van der Waals surface area contributed by atoms with Gasteiger partial charge in [-0.1, -0.05) is 41.5 Å². The van der Waals surface area contributed by atoms with E-state index in [1.54, 1.807) is 0 Å². The molecule has 0 aliphatic rings. The van der Waals surface area contributed by atoms with E-state index in [0.717, 1.165) is 12.8 Å². The van der Waals surface area contributed by atoms with Gasteiger partial charge in [-0.3, -0.25) is 4.79 Å². The Morgan fingerprint density at radius 3 is 2.06 bits per heavy atom. The van der Waals surface area contributed by atoms with E-state index in [1.165, 1.54) is 0 Å². The highest BCUT2D eigenvalue weighted by Gasteiger charge is 2.35. The molecule has 0 aromatic carbocycles. The second-order valence-electron chi connectivity index (χ2n) is 6.99. The van der Waals surface area contributed by atoms with Crippen molar-refractivity contribution >= 4 is 5.97 Å². The van der Waals surface area contributed by atoms with Gasteiger partial charge in [0.15, 0.2) is 0 Å². The quantitative estimate of drug-likeness (QED) is 0.596. The van der Waals surface area contributed by atoms with Gasteiger partial charge in [-0.2, -0.15) is 0 Å². The Balaban J connectivity index is 4.54. The fourth-order valence-corrected chi connectivity index (χ4v) is 1.71. The molecule has 3 heteroatoms. The van der Waals surface area contributed by atoms with Crippen LogP contribution in [-0.2, 0) is 9.53 Å². The van der Waals surface area contributed by atoms with Crippen molar-refractivity contribution in [3.8, 4) is 0 Å². The van der Waals surface area contributed by atoms with E-state index in [0.29, 0.717) is 13.2 Å². The molecule has 3 nitrogen and oxygen atoms in total. The van der Waals surface area contributed by atoms with Gasteiger partial charge >= 0.3 is 5.97 Å². The third-order valence-corrected chi connectivity index (χ3v) is 2.74. The number of nitrogens with two attached hydrogens (primary N) is 1. The molecule has 0 fully saturated rings. The molecule has 17 heavy (non-hydrogen) atoms. The molecule has 102 valence electrons. The Morgan fingerprint density at radius 1 is 1.18 bits per heavy atom. The number of ether oxygens (including phenoxy) is 1. The average molecular weight is 243 g/mol. The van der Waals surface area contributed by atoms with Crippen molar-refractivity contribution in [2.45, 2.75) is 54.4 Å². The lowest BCUT2D eigenvalue weighted by atomic mass is 9.72. The Bertz CT molecular complexity index is 236. The van der Waals surface area contributed by atoms with Crippen LogP contribution >= 0.6 is 0 Å². The summed E-state index contributed by atoms with van der Waals surface area (Å²) in [7, 11) is 0. The summed E-state index contributed by atoms with van der Waals surface area (Å²) in [6, 6.07) is 0. The maximum Gasteiger partial charge on any atom is 0.309 e. The molecule has 0 rings (SSSR count). The summed E-state index contributed by atoms with van der Waals surface area (Å²) in [5, 5.41) is 0. The number of carbonyl (C=O) groups excluding carboxylic acids is 1. The monoisotopic (exact) mass is 243 g/mol. The molecular formula is C14H29NO2. The first kappa shape index (κ1) is 16.4. The number of hydrogen-bond donors (Lipinski definition) is 1.